The van der Waals surface area contributed by atoms with Crippen LogP contribution in [0.4, 0.5) is 8.78 Å². The lowest BCUT2D eigenvalue weighted by atomic mass is 9.99. The average molecular weight is 385 g/mol. The van der Waals surface area contributed by atoms with E-state index >= 15 is 0 Å². The summed E-state index contributed by atoms with van der Waals surface area (Å²) in [7, 11) is -2.51. The molecule has 27 heavy (non-hydrogen) atoms. The van der Waals surface area contributed by atoms with Crippen LogP contribution in [0, 0.1) is 11.6 Å². The van der Waals surface area contributed by atoms with Gasteiger partial charge in [0, 0.05) is 12.5 Å². The van der Waals surface area contributed by atoms with Gasteiger partial charge in [0.05, 0.1) is 5.45 Å². The van der Waals surface area contributed by atoms with Crippen molar-refractivity contribution < 1.29 is 18.6 Å². The fourth-order valence-corrected chi connectivity index (χ4v) is 3.37. The van der Waals surface area contributed by atoms with Gasteiger partial charge in [-0.1, -0.05) is 60.7 Å². The first kappa shape index (κ1) is 19.3. The standard InChI is InChI=1S/C21H18F2NO2P/c22-18-11-15(12-19(23)14-18)13-20(27(25)26)24-21(16-7-3-1-4-8-16)17-9-5-2-6-10-17/h1-12,14,21,25-26H,13H2. The zero-order valence-electron chi connectivity index (χ0n) is 14.3. The molecule has 0 spiro atoms. The molecule has 3 aromatic carbocycles. The number of nitrogens with zero attached hydrogens (tertiary/aromatic N) is 1. The normalized spacial score (nSPS) is 12.0. The molecule has 2 N–H and O–H groups in total. The lowest BCUT2D eigenvalue weighted by Crippen LogP contribution is -2.07. The summed E-state index contributed by atoms with van der Waals surface area (Å²) in [5, 5.41) is 0. The van der Waals surface area contributed by atoms with E-state index in [1.807, 2.05) is 60.7 Å². The summed E-state index contributed by atoms with van der Waals surface area (Å²) in [6.07, 6.45) is -0.0520. The molecule has 0 fully saturated rings. The van der Waals surface area contributed by atoms with Crippen LogP contribution in [-0.2, 0) is 6.42 Å². The van der Waals surface area contributed by atoms with Gasteiger partial charge in [0.2, 0.25) is 8.38 Å². The fourth-order valence-electron chi connectivity index (χ4n) is 2.82. The third kappa shape index (κ3) is 5.27. The van der Waals surface area contributed by atoms with Crippen molar-refractivity contribution in [2.75, 3.05) is 0 Å². The van der Waals surface area contributed by atoms with Crippen molar-refractivity contribution >= 4 is 13.8 Å². The minimum Gasteiger partial charge on any atom is -0.346 e. The van der Waals surface area contributed by atoms with Crippen molar-refractivity contribution in [3.8, 4) is 0 Å². The van der Waals surface area contributed by atoms with Crippen LogP contribution in [0.2, 0.25) is 0 Å². The predicted octanol–water partition coefficient (Wildman–Crippen LogP) is 4.99. The van der Waals surface area contributed by atoms with Gasteiger partial charge in [0.25, 0.3) is 0 Å². The second-order valence-corrected chi connectivity index (χ2v) is 7.11. The SMILES string of the molecule is OP(O)C(Cc1cc(F)cc(F)c1)=NC(c1ccccc1)c1ccccc1. The van der Waals surface area contributed by atoms with Crippen LogP contribution in [0.3, 0.4) is 0 Å². The fraction of sp³-hybridized carbons (Fsp3) is 0.0952. The van der Waals surface area contributed by atoms with Crippen molar-refractivity contribution in [2.24, 2.45) is 4.99 Å². The molecule has 3 aromatic rings. The number of hydrogen-bond acceptors (Lipinski definition) is 3. The van der Waals surface area contributed by atoms with Gasteiger partial charge in [0.15, 0.2) is 0 Å². The molecule has 0 saturated heterocycles. The van der Waals surface area contributed by atoms with Gasteiger partial charge < -0.3 is 9.79 Å². The zero-order valence-corrected chi connectivity index (χ0v) is 15.2. The Morgan fingerprint density at radius 3 is 1.74 bits per heavy atom. The van der Waals surface area contributed by atoms with E-state index in [2.05, 4.69) is 4.99 Å². The molecule has 0 aliphatic rings. The zero-order chi connectivity index (χ0) is 19.2. The number of benzene rings is 3. The van der Waals surface area contributed by atoms with Crippen LogP contribution in [-0.4, -0.2) is 15.2 Å². The minimum absolute atomic E-state index is 0.0520. The average Bonchev–Trinajstić information content (AvgIpc) is 2.65. The number of rotatable bonds is 6. The Bertz CT molecular complexity index is 858. The van der Waals surface area contributed by atoms with E-state index in [0.29, 0.717) is 5.56 Å². The van der Waals surface area contributed by atoms with Crippen LogP contribution in [0.5, 0.6) is 0 Å². The van der Waals surface area contributed by atoms with Crippen molar-refractivity contribution in [3.63, 3.8) is 0 Å². The van der Waals surface area contributed by atoms with E-state index in [9.17, 15) is 18.6 Å². The predicted molar refractivity (Wildman–Crippen MR) is 104 cm³/mol. The van der Waals surface area contributed by atoms with Crippen LogP contribution in [0.1, 0.15) is 22.7 Å². The van der Waals surface area contributed by atoms with Crippen molar-refractivity contribution in [1.29, 1.82) is 0 Å². The number of hydrogen-bond donors (Lipinski definition) is 2. The summed E-state index contributed by atoms with van der Waals surface area (Å²) in [6, 6.07) is 21.5. The highest BCUT2D eigenvalue weighted by Crippen LogP contribution is 2.34. The molecule has 3 nitrogen and oxygen atoms in total. The molecular weight excluding hydrogens is 367 g/mol. The van der Waals surface area contributed by atoms with E-state index in [-0.39, 0.29) is 11.9 Å². The molecule has 138 valence electrons. The van der Waals surface area contributed by atoms with Crippen LogP contribution in [0.25, 0.3) is 0 Å². The van der Waals surface area contributed by atoms with Crippen molar-refractivity contribution in [1.82, 2.24) is 0 Å². The van der Waals surface area contributed by atoms with Gasteiger partial charge in [0.1, 0.15) is 17.7 Å². The highest BCUT2D eigenvalue weighted by Gasteiger charge is 2.18. The van der Waals surface area contributed by atoms with Crippen LogP contribution >= 0.6 is 8.38 Å². The third-order valence-corrected chi connectivity index (χ3v) is 4.76. The van der Waals surface area contributed by atoms with E-state index in [0.717, 1.165) is 29.3 Å². The van der Waals surface area contributed by atoms with E-state index in [1.165, 1.54) is 0 Å². The Kier molecular flexibility index (Phi) is 6.40. The number of aliphatic imine (C=N–C) groups is 1. The van der Waals surface area contributed by atoms with Crippen LogP contribution in [0.15, 0.2) is 83.9 Å². The van der Waals surface area contributed by atoms with Crippen LogP contribution < -0.4 is 0 Å². The summed E-state index contributed by atoms with van der Waals surface area (Å²) in [5.41, 5.74) is 2.14. The summed E-state index contributed by atoms with van der Waals surface area (Å²) >= 11 is 0. The highest BCUT2D eigenvalue weighted by molar-refractivity contribution is 7.64. The highest BCUT2D eigenvalue weighted by atomic mass is 31.2. The minimum atomic E-state index is -2.51. The van der Waals surface area contributed by atoms with Gasteiger partial charge in [-0.3, -0.25) is 4.99 Å². The Morgan fingerprint density at radius 1 is 0.815 bits per heavy atom. The number of halogens is 2. The van der Waals surface area contributed by atoms with Gasteiger partial charge >= 0.3 is 0 Å². The maximum absolute atomic E-state index is 13.5. The summed E-state index contributed by atoms with van der Waals surface area (Å²) < 4.78 is 26.9. The lowest BCUT2D eigenvalue weighted by Gasteiger charge is -2.17. The quantitative estimate of drug-likeness (QED) is 0.464. The topological polar surface area (TPSA) is 52.8 Å². The second-order valence-electron chi connectivity index (χ2n) is 6.01. The molecular formula is C21H18F2NO2P. The van der Waals surface area contributed by atoms with Crippen molar-refractivity contribution in [2.45, 2.75) is 12.5 Å². The molecule has 0 aliphatic carbocycles. The summed E-state index contributed by atoms with van der Waals surface area (Å²) in [5.74, 6) is -1.43. The molecule has 0 aromatic heterocycles. The molecule has 0 aliphatic heterocycles. The second kappa shape index (κ2) is 8.96. The van der Waals surface area contributed by atoms with E-state index < -0.39 is 26.1 Å². The Balaban J connectivity index is 2.02. The van der Waals surface area contributed by atoms with Gasteiger partial charge in [-0.05, 0) is 28.8 Å². The molecule has 0 saturated carbocycles. The maximum atomic E-state index is 13.5. The largest absolute Gasteiger partial charge is 0.346 e. The first-order valence-electron chi connectivity index (χ1n) is 8.32. The molecule has 0 atom stereocenters. The van der Waals surface area contributed by atoms with Crippen molar-refractivity contribution in [3.05, 3.63) is 107 Å². The smallest absolute Gasteiger partial charge is 0.214 e. The monoisotopic (exact) mass is 385 g/mol. The molecule has 0 heterocycles. The van der Waals surface area contributed by atoms with Gasteiger partial charge in [-0.2, -0.15) is 0 Å². The first-order valence-corrected chi connectivity index (χ1v) is 9.57. The molecule has 0 amide bonds. The van der Waals surface area contributed by atoms with E-state index in [4.69, 9.17) is 0 Å². The third-order valence-electron chi connectivity index (χ3n) is 4.02. The molecule has 3 rings (SSSR count). The van der Waals surface area contributed by atoms with E-state index in [1.54, 1.807) is 0 Å². The molecule has 0 radical (unpaired) electrons. The maximum Gasteiger partial charge on any atom is 0.214 e. The van der Waals surface area contributed by atoms with Gasteiger partial charge in [-0.25, -0.2) is 8.78 Å². The Hall–Kier alpha value is -2.46. The summed E-state index contributed by atoms with van der Waals surface area (Å²) in [6.45, 7) is 0. The molecule has 6 heteroatoms. The lowest BCUT2D eigenvalue weighted by molar-refractivity contribution is 0.499. The Labute approximate surface area is 157 Å². The Morgan fingerprint density at radius 2 is 1.30 bits per heavy atom. The van der Waals surface area contributed by atoms with Gasteiger partial charge in [-0.15, -0.1) is 0 Å². The molecule has 0 unspecified atom stereocenters. The summed E-state index contributed by atoms with van der Waals surface area (Å²) in [4.78, 5) is 24.3. The first-order chi connectivity index (χ1) is 13.0. The molecule has 0 bridgehead atoms.